The summed E-state index contributed by atoms with van der Waals surface area (Å²) in [7, 11) is 0. The van der Waals surface area contributed by atoms with Crippen LogP contribution in [0.4, 0.5) is 0 Å². The summed E-state index contributed by atoms with van der Waals surface area (Å²) in [6, 6.07) is -12.5. The number of thiol groups is 1. The molecule has 1 fully saturated rings. The van der Waals surface area contributed by atoms with Crippen LogP contribution in [0.3, 0.4) is 0 Å². The highest BCUT2D eigenvalue weighted by Gasteiger charge is 2.40. The molecule has 16 N–H and O–H groups in total. The fourth-order valence-electron chi connectivity index (χ4n) is 6.58. The first-order valence-corrected chi connectivity index (χ1v) is 21.8. The van der Waals surface area contributed by atoms with Crippen molar-refractivity contribution in [1.82, 2.24) is 42.1 Å². The second-order valence-corrected chi connectivity index (χ2v) is 16.6. The van der Waals surface area contributed by atoms with E-state index in [9.17, 15) is 77.6 Å². The number of aliphatic carboxylic acids is 3. The molecule has 1 saturated heterocycles. The van der Waals surface area contributed by atoms with Crippen LogP contribution < -0.4 is 54.4 Å². The molecule has 1 rings (SSSR count). The van der Waals surface area contributed by atoms with Gasteiger partial charge in [0.2, 0.25) is 59.1 Å². The molecule has 0 aromatic heterocycles. The van der Waals surface area contributed by atoms with Crippen LogP contribution in [0, 0.1) is 11.8 Å². The number of carbonyl (C=O) groups excluding carboxylic acids is 10. The van der Waals surface area contributed by atoms with Gasteiger partial charge in [0.1, 0.15) is 42.3 Å². The average molecular weight is 974 g/mol. The van der Waals surface area contributed by atoms with Crippen LogP contribution in [0.5, 0.6) is 0 Å². The maximum Gasteiger partial charge on any atom is 0.326 e. The number of nitrogens with zero attached hydrogens (tertiary/aromatic N) is 1. The second-order valence-electron chi connectivity index (χ2n) is 16.3. The molecule has 9 atom stereocenters. The number of hydrogen-bond donors (Lipinski definition) is 14. The molecule has 1 heterocycles. The monoisotopic (exact) mass is 973 g/mol. The first-order chi connectivity index (χ1) is 31.2. The van der Waals surface area contributed by atoms with E-state index in [1.165, 1.54) is 6.92 Å². The normalized spacial score (nSPS) is 16.8. The standard InChI is InChI=1S/C39H63N11O16S/c1-5-18(4)31(49-35(61)22(14-30(56)57)46-32(58)19(40)16-67)37(63)45-20(8-9-29(54)55)33(59)47-21(12-26(41)51)34(60)48-23(13-27(42)52)38(64)50-10-6-7-25(50)36(62)43-15-28(53)44-24(39(65)66)11-17(2)3/h17-25,31,67H,5-16,40H2,1-4H3,(H2,41,51)(H2,42,52)(H,43,62)(H,44,53)(H,45,63)(H,46,58)(H,47,59)(H,48,60)(H,49,61)(H,54,55)(H,56,57)(H,65,66)/t18-,19-,20-,21-,22-,23-,24-,25-,31-/m0/s1. The predicted molar refractivity (Wildman–Crippen MR) is 234 cm³/mol. The number of carbonyl (C=O) groups is 13. The Morgan fingerprint density at radius 3 is 1.72 bits per heavy atom. The van der Waals surface area contributed by atoms with E-state index in [2.05, 4.69) is 49.8 Å². The van der Waals surface area contributed by atoms with Crippen molar-refractivity contribution in [3.63, 3.8) is 0 Å². The molecule has 0 spiro atoms. The van der Waals surface area contributed by atoms with Gasteiger partial charge in [0.25, 0.3) is 0 Å². The van der Waals surface area contributed by atoms with Crippen LogP contribution in [0.15, 0.2) is 0 Å². The molecule has 1 aliphatic rings. The number of nitrogens with one attached hydrogen (secondary N) is 7. The van der Waals surface area contributed by atoms with Gasteiger partial charge in [0.15, 0.2) is 0 Å². The van der Waals surface area contributed by atoms with Gasteiger partial charge in [-0.25, -0.2) is 4.79 Å². The highest BCUT2D eigenvalue weighted by Crippen LogP contribution is 2.20. The molecule has 0 aliphatic carbocycles. The third-order valence-corrected chi connectivity index (χ3v) is 10.7. The lowest BCUT2D eigenvalue weighted by molar-refractivity contribution is -0.143. The van der Waals surface area contributed by atoms with E-state index in [1.54, 1.807) is 20.8 Å². The van der Waals surface area contributed by atoms with Gasteiger partial charge in [-0.1, -0.05) is 34.1 Å². The minimum Gasteiger partial charge on any atom is -0.481 e. The average Bonchev–Trinajstić information content (AvgIpc) is 3.73. The molecule has 28 heteroatoms. The summed E-state index contributed by atoms with van der Waals surface area (Å²) in [5.74, 6) is -15.9. The van der Waals surface area contributed by atoms with Crippen LogP contribution in [0.1, 0.15) is 85.5 Å². The van der Waals surface area contributed by atoms with Gasteiger partial charge < -0.3 is 74.6 Å². The Morgan fingerprint density at radius 1 is 0.672 bits per heavy atom. The van der Waals surface area contributed by atoms with Gasteiger partial charge in [0, 0.05) is 18.7 Å². The number of rotatable bonds is 30. The lowest BCUT2D eigenvalue weighted by atomic mass is 9.96. The fraction of sp³-hybridized carbons (Fsp3) is 0.667. The number of likely N-dealkylation sites (tertiary alicyclic amines) is 1. The number of amides is 10. The van der Waals surface area contributed by atoms with E-state index < -0.39 is 170 Å². The summed E-state index contributed by atoms with van der Waals surface area (Å²) in [4.78, 5) is 166. The molecule has 0 unspecified atom stereocenters. The predicted octanol–water partition coefficient (Wildman–Crippen LogP) is -5.47. The zero-order chi connectivity index (χ0) is 51.3. The van der Waals surface area contributed by atoms with Crippen molar-refractivity contribution in [2.45, 2.75) is 134 Å². The Bertz CT molecular complexity index is 1870. The summed E-state index contributed by atoms with van der Waals surface area (Å²) in [6.45, 7) is 5.88. The molecule has 10 amide bonds. The van der Waals surface area contributed by atoms with Crippen molar-refractivity contribution < 1.29 is 77.6 Å². The quantitative estimate of drug-likeness (QED) is 0.0299. The SMILES string of the molecule is CC[C@H](C)[C@H](NC(=O)[C@H](CC(=O)O)NC(=O)[C@@H](N)CS)C(=O)N[C@@H](CCC(=O)O)C(=O)N[C@@H](CC(N)=O)C(=O)N[C@@H](CC(N)=O)C(=O)N1CCC[C@H]1C(=O)NCC(=O)N[C@@H](CC(C)C)C(=O)O. The molecule has 67 heavy (non-hydrogen) atoms. The smallest absolute Gasteiger partial charge is 0.326 e. The third kappa shape index (κ3) is 20.6. The molecular formula is C39H63N11O16S. The number of hydrogen-bond acceptors (Lipinski definition) is 15. The van der Waals surface area contributed by atoms with Gasteiger partial charge in [-0.05, 0) is 37.5 Å². The molecule has 0 radical (unpaired) electrons. The third-order valence-electron chi connectivity index (χ3n) is 10.3. The van der Waals surface area contributed by atoms with E-state index >= 15 is 0 Å². The van der Waals surface area contributed by atoms with E-state index in [0.29, 0.717) is 0 Å². The molecule has 0 aromatic rings. The van der Waals surface area contributed by atoms with Gasteiger partial charge in [-0.3, -0.25) is 57.5 Å². The molecule has 376 valence electrons. The van der Waals surface area contributed by atoms with Crippen LogP contribution in [0.25, 0.3) is 0 Å². The van der Waals surface area contributed by atoms with Crippen molar-refractivity contribution in [3.05, 3.63) is 0 Å². The maximum absolute atomic E-state index is 13.9. The summed E-state index contributed by atoms with van der Waals surface area (Å²) in [5, 5.41) is 44.1. The summed E-state index contributed by atoms with van der Waals surface area (Å²) >= 11 is 3.90. The number of carboxylic acids is 3. The van der Waals surface area contributed by atoms with Crippen molar-refractivity contribution in [2.24, 2.45) is 29.0 Å². The Kier molecular flexibility index (Phi) is 24.8. The zero-order valence-corrected chi connectivity index (χ0v) is 38.4. The summed E-state index contributed by atoms with van der Waals surface area (Å²) < 4.78 is 0. The van der Waals surface area contributed by atoms with Crippen molar-refractivity contribution in [1.29, 1.82) is 0 Å². The van der Waals surface area contributed by atoms with Crippen LogP contribution in [-0.4, -0.2) is 164 Å². The minimum atomic E-state index is -1.95. The Balaban J connectivity index is 3.36. The molecule has 0 aromatic carbocycles. The topological polar surface area (TPSA) is 448 Å². The lowest BCUT2D eigenvalue weighted by Crippen LogP contribution is -2.61. The van der Waals surface area contributed by atoms with E-state index in [0.717, 1.165) is 4.90 Å². The molecule has 27 nitrogen and oxygen atoms in total. The van der Waals surface area contributed by atoms with Gasteiger partial charge in [-0.2, -0.15) is 12.6 Å². The fourth-order valence-corrected chi connectivity index (χ4v) is 6.75. The maximum atomic E-state index is 13.9. The van der Waals surface area contributed by atoms with Crippen LogP contribution in [0.2, 0.25) is 0 Å². The second kappa shape index (κ2) is 28.5. The Morgan fingerprint density at radius 2 is 1.19 bits per heavy atom. The van der Waals surface area contributed by atoms with Gasteiger partial charge in [-0.15, -0.1) is 0 Å². The van der Waals surface area contributed by atoms with Gasteiger partial charge >= 0.3 is 17.9 Å². The summed E-state index contributed by atoms with van der Waals surface area (Å²) in [5.41, 5.74) is 16.4. The molecule has 0 bridgehead atoms. The van der Waals surface area contributed by atoms with Gasteiger partial charge in [0.05, 0.1) is 31.8 Å². The van der Waals surface area contributed by atoms with Crippen LogP contribution in [-0.2, 0) is 62.3 Å². The van der Waals surface area contributed by atoms with Crippen LogP contribution >= 0.6 is 12.6 Å². The number of primary amides is 2. The summed E-state index contributed by atoms with van der Waals surface area (Å²) in [6.07, 6.45) is -3.52. The van der Waals surface area contributed by atoms with E-state index in [-0.39, 0.29) is 43.9 Å². The highest BCUT2D eigenvalue weighted by molar-refractivity contribution is 7.80. The highest BCUT2D eigenvalue weighted by atomic mass is 32.1. The van der Waals surface area contributed by atoms with E-state index in [1.807, 2.05) is 0 Å². The minimum absolute atomic E-state index is 0.0670. The number of carboxylic acid groups (broad SMARTS) is 3. The molecule has 1 aliphatic heterocycles. The first-order valence-electron chi connectivity index (χ1n) is 21.2. The van der Waals surface area contributed by atoms with Crippen molar-refractivity contribution in [2.75, 3.05) is 18.8 Å². The lowest BCUT2D eigenvalue weighted by Gasteiger charge is -2.30. The zero-order valence-electron chi connectivity index (χ0n) is 37.5. The Labute approximate surface area is 390 Å². The largest absolute Gasteiger partial charge is 0.481 e. The number of nitrogens with two attached hydrogens (primary N) is 3. The molecule has 0 saturated carbocycles. The molecular weight excluding hydrogens is 911 g/mol. The van der Waals surface area contributed by atoms with Crippen molar-refractivity contribution >= 4 is 89.6 Å². The van der Waals surface area contributed by atoms with E-state index in [4.69, 9.17) is 17.2 Å². The first kappa shape index (κ1) is 58.4. The Hall–Kier alpha value is -6.58. The van der Waals surface area contributed by atoms with Crippen molar-refractivity contribution in [3.8, 4) is 0 Å².